The van der Waals surface area contributed by atoms with Crippen molar-refractivity contribution < 1.29 is 14.6 Å². The minimum absolute atomic E-state index is 0.0855. The maximum absolute atomic E-state index is 9.82. The van der Waals surface area contributed by atoms with Gasteiger partial charge in [0.1, 0.15) is 30.8 Å². The number of nitriles is 2. The predicted molar refractivity (Wildman–Crippen MR) is 79.3 cm³/mol. The summed E-state index contributed by atoms with van der Waals surface area (Å²) >= 11 is 0. The summed E-state index contributed by atoms with van der Waals surface area (Å²) in [4.78, 5) is 0. The molecule has 0 bridgehead atoms. The molecule has 0 aliphatic heterocycles. The Morgan fingerprint density at radius 1 is 0.773 bits per heavy atom. The van der Waals surface area contributed by atoms with Gasteiger partial charge >= 0.3 is 0 Å². The molecular weight excluding hydrogens is 280 g/mol. The van der Waals surface area contributed by atoms with Crippen LogP contribution in [0.25, 0.3) is 0 Å². The van der Waals surface area contributed by atoms with Crippen molar-refractivity contribution >= 4 is 0 Å². The molecule has 2 aromatic carbocycles. The van der Waals surface area contributed by atoms with Gasteiger partial charge in [0, 0.05) is 0 Å². The largest absolute Gasteiger partial charge is 0.491 e. The standard InChI is InChI=1S/C17H14N2O3/c18-9-13-1-5-16(6-2-13)21-11-15(20)12-22-17-7-3-14(10-19)4-8-17/h1-8,15,20H,11-12H2. The maximum atomic E-state index is 9.82. The van der Waals surface area contributed by atoms with E-state index in [0.717, 1.165) is 0 Å². The molecular formula is C17H14N2O3. The molecule has 22 heavy (non-hydrogen) atoms. The summed E-state index contributed by atoms with van der Waals surface area (Å²) in [6.45, 7) is 0.171. The van der Waals surface area contributed by atoms with Crippen molar-refractivity contribution in [1.29, 1.82) is 10.5 Å². The average molecular weight is 294 g/mol. The molecule has 0 aliphatic carbocycles. The third-order valence-corrected chi connectivity index (χ3v) is 2.85. The first-order chi connectivity index (χ1) is 10.7. The molecule has 2 rings (SSSR count). The van der Waals surface area contributed by atoms with E-state index in [9.17, 15) is 5.11 Å². The van der Waals surface area contributed by atoms with E-state index >= 15 is 0 Å². The van der Waals surface area contributed by atoms with E-state index in [1.54, 1.807) is 48.5 Å². The van der Waals surface area contributed by atoms with Gasteiger partial charge in [-0.2, -0.15) is 10.5 Å². The number of aliphatic hydroxyl groups is 1. The monoisotopic (exact) mass is 294 g/mol. The molecule has 0 amide bonds. The van der Waals surface area contributed by atoms with E-state index in [4.69, 9.17) is 20.0 Å². The number of benzene rings is 2. The summed E-state index contributed by atoms with van der Waals surface area (Å²) in [5.74, 6) is 1.16. The van der Waals surface area contributed by atoms with Crippen LogP contribution in [0.4, 0.5) is 0 Å². The minimum atomic E-state index is -0.786. The van der Waals surface area contributed by atoms with Gasteiger partial charge in [-0.1, -0.05) is 0 Å². The first kappa shape index (κ1) is 15.4. The average Bonchev–Trinajstić information content (AvgIpc) is 2.59. The summed E-state index contributed by atoms with van der Waals surface area (Å²) in [7, 11) is 0. The highest BCUT2D eigenvalue weighted by Gasteiger charge is 2.07. The molecule has 0 saturated heterocycles. The van der Waals surface area contributed by atoms with Crippen LogP contribution in [-0.4, -0.2) is 24.4 Å². The lowest BCUT2D eigenvalue weighted by Gasteiger charge is -2.13. The van der Waals surface area contributed by atoms with E-state index in [1.807, 2.05) is 12.1 Å². The van der Waals surface area contributed by atoms with Crippen LogP contribution in [-0.2, 0) is 0 Å². The highest BCUT2D eigenvalue weighted by Crippen LogP contribution is 2.13. The zero-order valence-corrected chi connectivity index (χ0v) is 11.8. The van der Waals surface area contributed by atoms with Crippen LogP contribution in [0.1, 0.15) is 11.1 Å². The number of aliphatic hydroxyl groups excluding tert-OH is 1. The quantitative estimate of drug-likeness (QED) is 0.883. The first-order valence-corrected chi connectivity index (χ1v) is 6.65. The van der Waals surface area contributed by atoms with Crippen molar-refractivity contribution in [2.45, 2.75) is 6.10 Å². The molecule has 0 radical (unpaired) electrons. The molecule has 5 heteroatoms. The summed E-state index contributed by atoms with van der Waals surface area (Å²) in [5, 5.41) is 27.2. The molecule has 1 N–H and O–H groups in total. The number of nitrogens with zero attached hydrogens (tertiary/aromatic N) is 2. The van der Waals surface area contributed by atoms with E-state index in [0.29, 0.717) is 22.6 Å². The topological polar surface area (TPSA) is 86.3 Å². The second-order valence-corrected chi connectivity index (χ2v) is 4.55. The molecule has 5 nitrogen and oxygen atoms in total. The summed E-state index contributed by atoms with van der Waals surface area (Å²) in [6.07, 6.45) is -0.786. The summed E-state index contributed by atoms with van der Waals surface area (Å²) in [5.41, 5.74) is 1.11. The maximum Gasteiger partial charge on any atom is 0.122 e. The number of hydrogen-bond acceptors (Lipinski definition) is 5. The van der Waals surface area contributed by atoms with Gasteiger partial charge in [-0.3, -0.25) is 0 Å². The normalized spacial score (nSPS) is 9.82. The Kier molecular flexibility index (Phi) is 5.37. The molecule has 0 heterocycles. The second kappa shape index (κ2) is 7.68. The van der Waals surface area contributed by atoms with Gasteiger partial charge in [0.2, 0.25) is 0 Å². The predicted octanol–water partition coefficient (Wildman–Crippen LogP) is 2.25. The van der Waals surface area contributed by atoms with Crippen molar-refractivity contribution in [2.75, 3.05) is 13.2 Å². The number of hydrogen-bond donors (Lipinski definition) is 1. The molecule has 0 aromatic heterocycles. The van der Waals surface area contributed by atoms with Gasteiger partial charge < -0.3 is 14.6 Å². The van der Waals surface area contributed by atoms with Crippen molar-refractivity contribution in [2.24, 2.45) is 0 Å². The molecule has 0 unspecified atom stereocenters. The van der Waals surface area contributed by atoms with Gasteiger partial charge in [0.15, 0.2) is 0 Å². The van der Waals surface area contributed by atoms with E-state index in [-0.39, 0.29) is 13.2 Å². The fourth-order valence-corrected chi connectivity index (χ4v) is 1.68. The Morgan fingerprint density at radius 2 is 1.14 bits per heavy atom. The Hall–Kier alpha value is -3.02. The minimum Gasteiger partial charge on any atom is -0.491 e. The van der Waals surface area contributed by atoms with Gasteiger partial charge in [-0.05, 0) is 48.5 Å². The summed E-state index contributed by atoms with van der Waals surface area (Å²) in [6, 6.07) is 17.3. The smallest absolute Gasteiger partial charge is 0.122 e. The third-order valence-electron chi connectivity index (χ3n) is 2.85. The van der Waals surface area contributed by atoms with Gasteiger partial charge in [0.25, 0.3) is 0 Å². The Morgan fingerprint density at radius 3 is 1.45 bits per heavy atom. The molecule has 110 valence electrons. The van der Waals surface area contributed by atoms with Crippen LogP contribution in [0.3, 0.4) is 0 Å². The molecule has 0 atom stereocenters. The van der Waals surface area contributed by atoms with Crippen LogP contribution in [0, 0.1) is 22.7 Å². The number of ether oxygens (including phenoxy) is 2. The molecule has 2 aromatic rings. The lowest BCUT2D eigenvalue weighted by molar-refractivity contribution is 0.0626. The van der Waals surface area contributed by atoms with Gasteiger partial charge in [-0.15, -0.1) is 0 Å². The highest BCUT2D eigenvalue weighted by molar-refractivity contribution is 5.35. The van der Waals surface area contributed by atoms with E-state index in [2.05, 4.69) is 0 Å². The van der Waals surface area contributed by atoms with Crippen molar-refractivity contribution in [3.05, 3.63) is 59.7 Å². The molecule has 0 saturated carbocycles. The Labute approximate surface area is 128 Å². The second-order valence-electron chi connectivity index (χ2n) is 4.55. The van der Waals surface area contributed by atoms with Crippen LogP contribution in [0.2, 0.25) is 0 Å². The third kappa shape index (κ3) is 4.52. The van der Waals surface area contributed by atoms with Crippen molar-refractivity contribution in [3.63, 3.8) is 0 Å². The summed E-state index contributed by atoms with van der Waals surface area (Å²) < 4.78 is 10.8. The van der Waals surface area contributed by atoms with Crippen LogP contribution in [0.5, 0.6) is 11.5 Å². The zero-order valence-electron chi connectivity index (χ0n) is 11.8. The number of rotatable bonds is 6. The fraction of sp³-hybridized carbons (Fsp3) is 0.176. The molecule has 0 spiro atoms. The first-order valence-electron chi connectivity index (χ1n) is 6.65. The molecule has 0 aliphatic rings. The zero-order chi connectivity index (χ0) is 15.8. The highest BCUT2D eigenvalue weighted by atomic mass is 16.5. The van der Waals surface area contributed by atoms with Crippen molar-refractivity contribution in [3.8, 4) is 23.6 Å². The molecule has 0 fully saturated rings. The van der Waals surface area contributed by atoms with Crippen molar-refractivity contribution in [1.82, 2.24) is 0 Å². The van der Waals surface area contributed by atoms with Gasteiger partial charge in [-0.25, -0.2) is 0 Å². The van der Waals surface area contributed by atoms with Crippen LogP contribution < -0.4 is 9.47 Å². The lowest BCUT2D eigenvalue weighted by atomic mass is 10.2. The van der Waals surface area contributed by atoms with Gasteiger partial charge in [0.05, 0.1) is 23.3 Å². The van der Waals surface area contributed by atoms with E-state index in [1.165, 1.54) is 0 Å². The van der Waals surface area contributed by atoms with Crippen LogP contribution >= 0.6 is 0 Å². The van der Waals surface area contributed by atoms with E-state index < -0.39 is 6.10 Å². The fourth-order valence-electron chi connectivity index (χ4n) is 1.68. The Balaban J connectivity index is 1.76. The van der Waals surface area contributed by atoms with Crippen LogP contribution in [0.15, 0.2) is 48.5 Å². The SMILES string of the molecule is N#Cc1ccc(OCC(O)COc2ccc(C#N)cc2)cc1. The lowest BCUT2D eigenvalue weighted by Crippen LogP contribution is -2.25. The Bertz CT molecular complexity index is 620.